The molecule has 5 aromatic rings. The fraction of sp³-hybridized carbons (Fsp3) is 0. The molecule has 1 heterocycles. The van der Waals surface area contributed by atoms with Gasteiger partial charge in [0.1, 0.15) is 11.5 Å². The van der Waals surface area contributed by atoms with Crippen molar-refractivity contribution in [3.05, 3.63) is 109 Å². The Kier molecular flexibility index (Phi) is 6.08. The standard InChI is InChI=1S/C27H22N6O2/c28-19-11-15-23(16-12-19)34-26-30-25(31-27(32-26)35-24-17-13-20(29)14-18-24)33(21-7-3-1-4-8-21)22-9-5-2-6-10-22/h1-18H,28-29H2. The van der Waals surface area contributed by atoms with E-state index in [1.165, 1.54) is 0 Å². The Balaban J connectivity index is 1.60. The van der Waals surface area contributed by atoms with Crippen LogP contribution >= 0.6 is 0 Å². The van der Waals surface area contributed by atoms with Gasteiger partial charge in [-0.2, -0.15) is 9.97 Å². The molecule has 0 fully saturated rings. The van der Waals surface area contributed by atoms with E-state index in [0.29, 0.717) is 28.8 Å². The highest BCUT2D eigenvalue weighted by atomic mass is 16.5. The lowest BCUT2D eigenvalue weighted by Gasteiger charge is -2.23. The van der Waals surface area contributed by atoms with Gasteiger partial charge >= 0.3 is 12.0 Å². The molecule has 0 aliphatic heterocycles. The molecule has 0 saturated heterocycles. The van der Waals surface area contributed by atoms with Gasteiger partial charge in [-0.15, -0.1) is 4.98 Å². The molecule has 0 radical (unpaired) electrons. The first kappa shape index (κ1) is 21.7. The third-order valence-electron chi connectivity index (χ3n) is 4.99. The number of nitrogens with zero attached hydrogens (tertiary/aromatic N) is 4. The lowest BCUT2D eigenvalue weighted by Crippen LogP contribution is -2.14. The number of nitrogens with two attached hydrogens (primary N) is 2. The summed E-state index contributed by atoms with van der Waals surface area (Å²) in [5, 5.41) is 0. The van der Waals surface area contributed by atoms with Crippen LogP contribution < -0.4 is 25.8 Å². The Morgan fingerprint density at radius 2 is 0.886 bits per heavy atom. The number of hydrogen-bond donors (Lipinski definition) is 2. The van der Waals surface area contributed by atoms with Crippen molar-refractivity contribution in [2.75, 3.05) is 16.4 Å². The summed E-state index contributed by atoms with van der Waals surface area (Å²) < 4.78 is 11.9. The number of nitrogen functional groups attached to an aromatic ring is 2. The SMILES string of the molecule is Nc1ccc(Oc2nc(Oc3ccc(N)cc3)nc(N(c3ccccc3)c3ccccc3)n2)cc1. The molecule has 35 heavy (non-hydrogen) atoms. The second-order valence-corrected chi connectivity index (χ2v) is 7.55. The number of anilines is 5. The predicted octanol–water partition coefficient (Wildman–Crippen LogP) is 6.09. The van der Waals surface area contributed by atoms with Gasteiger partial charge in [0.05, 0.1) is 0 Å². The van der Waals surface area contributed by atoms with Crippen molar-refractivity contribution in [2.24, 2.45) is 0 Å². The first-order valence-electron chi connectivity index (χ1n) is 10.9. The molecule has 8 nitrogen and oxygen atoms in total. The monoisotopic (exact) mass is 462 g/mol. The molecular weight excluding hydrogens is 440 g/mol. The van der Waals surface area contributed by atoms with E-state index in [2.05, 4.69) is 15.0 Å². The van der Waals surface area contributed by atoms with Gasteiger partial charge in [0.2, 0.25) is 5.95 Å². The van der Waals surface area contributed by atoms with Gasteiger partial charge in [-0.1, -0.05) is 36.4 Å². The van der Waals surface area contributed by atoms with Crippen molar-refractivity contribution >= 4 is 28.7 Å². The molecule has 0 aliphatic carbocycles. The highest BCUT2D eigenvalue weighted by Crippen LogP contribution is 2.34. The van der Waals surface area contributed by atoms with Gasteiger partial charge in [0, 0.05) is 22.7 Å². The van der Waals surface area contributed by atoms with Crippen molar-refractivity contribution in [2.45, 2.75) is 0 Å². The minimum absolute atomic E-state index is 0.0714. The Hall–Kier alpha value is -5.11. The highest BCUT2D eigenvalue weighted by Gasteiger charge is 2.19. The van der Waals surface area contributed by atoms with Crippen LogP contribution in [0.1, 0.15) is 0 Å². The molecule has 0 aliphatic rings. The van der Waals surface area contributed by atoms with Gasteiger partial charge < -0.3 is 20.9 Å². The lowest BCUT2D eigenvalue weighted by molar-refractivity contribution is 0.398. The van der Waals surface area contributed by atoms with Gasteiger partial charge in [0.25, 0.3) is 0 Å². The average Bonchev–Trinajstić information content (AvgIpc) is 2.88. The second-order valence-electron chi connectivity index (χ2n) is 7.55. The Morgan fingerprint density at radius 3 is 1.29 bits per heavy atom. The largest absolute Gasteiger partial charge is 0.424 e. The highest BCUT2D eigenvalue weighted by molar-refractivity contribution is 5.72. The van der Waals surface area contributed by atoms with Crippen molar-refractivity contribution in [3.63, 3.8) is 0 Å². The Labute approximate surface area is 202 Å². The predicted molar refractivity (Wildman–Crippen MR) is 136 cm³/mol. The minimum Gasteiger partial charge on any atom is -0.424 e. The van der Waals surface area contributed by atoms with E-state index in [4.69, 9.17) is 20.9 Å². The first-order chi connectivity index (χ1) is 17.1. The van der Waals surface area contributed by atoms with Crippen LogP contribution in [0.25, 0.3) is 0 Å². The molecule has 0 amide bonds. The third kappa shape index (κ3) is 5.28. The number of rotatable bonds is 7. The van der Waals surface area contributed by atoms with Gasteiger partial charge in [-0.3, -0.25) is 4.90 Å². The molecule has 4 aromatic carbocycles. The fourth-order valence-corrected chi connectivity index (χ4v) is 3.34. The molecule has 0 spiro atoms. The average molecular weight is 463 g/mol. The molecule has 172 valence electrons. The van der Waals surface area contributed by atoms with E-state index in [1.807, 2.05) is 65.6 Å². The number of para-hydroxylation sites is 2. The maximum absolute atomic E-state index is 5.95. The Morgan fingerprint density at radius 1 is 0.486 bits per heavy atom. The minimum atomic E-state index is 0.0714. The zero-order valence-electron chi connectivity index (χ0n) is 18.7. The van der Waals surface area contributed by atoms with Crippen molar-refractivity contribution < 1.29 is 9.47 Å². The van der Waals surface area contributed by atoms with Crippen molar-refractivity contribution in [3.8, 4) is 23.5 Å². The van der Waals surface area contributed by atoms with Crippen LogP contribution in [-0.2, 0) is 0 Å². The van der Waals surface area contributed by atoms with Gasteiger partial charge in [0.15, 0.2) is 0 Å². The summed E-state index contributed by atoms with van der Waals surface area (Å²) in [5.41, 5.74) is 14.6. The van der Waals surface area contributed by atoms with Crippen LogP contribution in [0.3, 0.4) is 0 Å². The summed E-state index contributed by atoms with van der Waals surface area (Å²) in [4.78, 5) is 15.5. The summed E-state index contributed by atoms with van der Waals surface area (Å²) in [5.74, 6) is 1.38. The van der Waals surface area contributed by atoms with Gasteiger partial charge in [-0.25, -0.2) is 0 Å². The number of ether oxygens (including phenoxy) is 2. The molecule has 0 saturated carbocycles. The van der Waals surface area contributed by atoms with Crippen molar-refractivity contribution in [1.82, 2.24) is 15.0 Å². The molecule has 1 aromatic heterocycles. The molecule has 4 N–H and O–H groups in total. The normalized spacial score (nSPS) is 10.5. The molecule has 0 bridgehead atoms. The van der Waals surface area contributed by atoms with Crippen LogP contribution in [-0.4, -0.2) is 15.0 Å². The third-order valence-corrected chi connectivity index (χ3v) is 4.99. The molecule has 5 rings (SSSR count). The van der Waals surface area contributed by atoms with Crippen LogP contribution in [0.2, 0.25) is 0 Å². The lowest BCUT2D eigenvalue weighted by atomic mass is 10.2. The summed E-state index contributed by atoms with van der Waals surface area (Å²) in [6, 6.07) is 33.6. The maximum atomic E-state index is 5.95. The van der Waals surface area contributed by atoms with E-state index in [0.717, 1.165) is 11.4 Å². The van der Waals surface area contributed by atoms with Crippen LogP contribution in [0.4, 0.5) is 28.7 Å². The summed E-state index contributed by atoms with van der Waals surface area (Å²) in [7, 11) is 0. The summed E-state index contributed by atoms with van der Waals surface area (Å²) >= 11 is 0. The summed E-state index contributed by atoms with van der Waals surface area (Å²) in [6.45, 7) is 0. The quantitative estimate of drug-likeness (QED) is 0.279. The molecule has 8 heteroatoms. The maximum Gasteiger partial charge on any atom is 0.330 e. The molecule has 0 atom stereocenters. The first-order valence-corrected chi connectivity index (χ1v) is 10.9. The molecular formula is C27H22N6O2. The van der Waals surface area contributed by atoms with Gasteiger partial charge in [-0.05, 0) is 72.8 Å². The Bertz CT molecular complexity index is 1290. The number of benzene rings is 4. The summed E-state index contributed by atoms with van der Waals surface area (Å²) in [6.07, 6.45) is 0. The van der Waals surface area contributed by atoms with Crippen LogP contribution in [0, 0.1) is 0 Å². The number of aromatic nitrogens is 3. The van der Waals surface area contributed by atoms with Crippen LogP contribution in [0.5, 0.6) is 23.5 Å². The van der Waals surface area contributed by atoms with E-state index in [1.54, 1.807) is 48.5 Å². The molecule has 0 unspecified atom stereocenters. The zero-order valence-corrected chi connectivity index (χ0v) is 18.7. The van der Waals surface area contributed by atoms with E-state index >= 15 is 0 Å². The van der Waals surface area contributed by atoms with Crippen LogP contribution in [0.15, 0.2) is 109 Å². The van der Waals surface area contributed by atoms with E-state index in [9.17, 15) is 0 Å². The van der Waals surface area contributed by atoms with Crippen molar-refractivity contribution in [1.29, 1.82) is 0 Å². The fourth-order valence-electron chi connectivity index (χ4n) is 3.34. The van der Waals surface area contributed by atoms with E-state index in [-0.39, 0.29) is 12.0 Å². The smallest absolute Gasteiger partial charge is 0.330 e. The van der Waals surface area contributed by atoms with E-state index < -0.39 is 0 Å². The zero-order chi connectivity index (χ0) is 24.0. The number of hydrogen-bond acceptors (Lipinski definition) is 8. The second kappa shape index (κ2) is 9.80. The topological polar surface area (TPSA) is 112 Å².